The molecule has 0 spiro atoms. The molecule has 0 unspecified atom stereocenters. The molecule has 2 heterocycles. The van der Waals surface area contributed by atoms with Crippen LogP contribution >= 0.6 is 0 Å². The maximum Gasteiger partial charge on any atom is 0.417 e. The van der Waals surface area contributed by atoms with Crippen LogP contribution in [0.1, 0.15) is 27.3 Å². The number of alkyl halides is 3. The number of hydrogen-bond acceptors (Lipinski definition) is 6. The Labute approximate surface area is 175 Å². The first kappa shape index (κ1) is 22.1. The number of hydrogen-bond donors (Lipinski definition) is 2. The molecule has 4 N–H and O–H groups in total. The number of nitrogen functional groups attached to an aromatic ring is 1. The number of pyridine rings is 1. The van der Waals surface area contributed by atoms with Crippen molar-refractivity contribution in [2.75, 3.05) is 26.1 Å². The zero-order valence-corrected chi connectivity index (χ0v) is 16.5. The third-order valence-electron chi connectivity index (χ3n) is 4.38. The van der Waals surface area contributed by atoms with Crippen LogP contribution in [0.2, 0.25) is 0 Å². The third-order valence-corrected chi connectivity index (χ3v) is 4.38. The molecule has 3 aromatic rings. The van der Waals surface area contributed by atoms with Gasteiger partial charge in [-0.1, -0.05) is 12.1 Å². The molecule has 31 heavy (non-hydrogen) atoms. The lowest BCUT2D eigenvalue weighted by molar-refractivity contribution is -0.137. The number of methoxy groups -OCH3 is 1. The van der Waals surface area contributed by atoms with Gasteiger partial charge in [-0.25, -0.2) is 4.68 Å². The number of para-hydroxylation sites is 2. The van der Waals surface area contributed by atoms with Crippen molar-refractivity contribution in [3.63, 3.8) is 0 Å². The standard InChI is InChI=1S/C20H20F3N5O3/c1-30-8-9-31-16-5-3-2-4-15(16)28-18(24)17(19(25)29)14(27-28)10-13-7-6-12(11-26-13)20(21,22)23/h2-7,11H,8-10,24H2,1H3,(H2,25,29). The SMILES string of the molecule is COCCOc1ccccc1-n1nc(Cc2ccc(C(F)(F)F)cn2)c(C(N)=O)c1N. The number of amides is 1. The monoisotopic (exact) mass is 435 g/mol. The van der Waals surface area contributed by atoms with Crippen molar-refractivity contribution in [1.82, 2.24) is 14.8 Å². The van der Waals surface area contributed by atoms with Crippen LogP contribution in [0.15, 0.2) is 42.6 Å². The zero-order chi connectivity index (χ0) is 22.6. The molecular weight excluding hydrogens is 415 g/mol. The number of nitrogens with zero attached hydrogens (tertiary/aromatic N) is 3. The molecule has 0 aliphatic rings. The van der Waals surface area contributed by atoms with E-state index in [9.17, 15) is 18.0 Å². The molecule has 0 saturated heterocycles. The number of primary amides is 1. The van der Waals surface area contributed by atoms with Gasteiger partial charge in [0.15, 0.2) is 0 Å². The Balaban J connectivity index is 1.98. The molecule has 0 atom stereocenters. The Morgan fingerprint density at radius 1 is 1.16 bits per heavy atom. The lowest BCUT2D eigenvalue weighted by Crippen LogP contribution is -2.15. The maximum absolute atomic E-state index is 12.8. The highest BCUT2D eigenvalue weighted by Gasteiger charge is 2.31. The summed E-state index contributed by atoms with van der Waals surface area (Å²) in [6.07, 6.45) is -3.82. The molecule has 11 heteroatoms. The van der Waals surface area contributed by atoms with Gasteiger partial charge in [0.25, 0.3) is 5.91 Å². The molecule has 0 radical (unpaired) electrons. The fraction of sp³-hybridized carbons (Fsp3) is 0.250. The van der Waals surface area contributed by atoms with E-state index in [0.717, 1.165) is 12.3 Å². The first-order valence-corrected chi connectivity index (χ1v) is 9.12. The molecule has 164 valence electrons. The second-order valence-corrected chi connectivity index (χ2v) is 6.50. The molecule has 0 fully saturated rings. The molecule has 8 nitrogen and oxygen atoms in total. The fourth-order valence-corrected chi connectivity index (χ4v) is 2.91. The van der Waals surface area contributed by atoms with Gasteiger partial charge < -0.3 is 20.9 Å². The number of anilines is 1. The molecule has 3 rings (SSSR count). The molecule has 0 saturated carbocycles. The van der Waals surface area contributed by atoms with E-state index in [2.05, 4.69) is 10.1 Å². The van der Waals surface area contributed by atoms with Crippen molar-refractivity contribution in [2.24, 2.45) is 5.73 Å². The first-order valence-electron chi connectivity index (χ1n) is 9.12. The Morgan fingerprint density at radius 3 is 2.52 bits per heavy atom. The summed E-state index contributed by atoms with van der Waals surface area (Å²) < 4.78 is 50.2. The molecule has 1 amide bonds. The van der Waals surface area contributed by atoms with Gasteiger partial charge in [0.05, 0.1) is 17.9 Å². The number of rotatable bonds is 8. The Morgan fingerprint density at radius 2 is 1.90 bits per heavy atom. The number of nitrogens with two attached hydrogens (primary N) is 2. The molecule has 2 aromatic heterocycles. The highest BCUT2D eigenvalue weighted by molar-refractivity contribution is 5.99. The van der Waals surface area contributed by atoms with Crippen LogP contribution in [-0.4, -0.2) is 41.0 Å². The van der Waals surface area contributed by atoms with Crippen LogP contribution in [0, 0.1) is 0 Å². The summed E-state index contributed by atoms with van der Waals surface area (Å²) >= 11 is 0. The predicted molar refractivity (Wildman–Crippen MR) is 106 cm³/mol. The van der Waals surface area contributed by atoms with Crippen molar-refractivity contribution in [2.45, 2.75) is 12.6 Å². The lowest BCUT2D eigenvalue weighted by Gasteiger charge is -2.12. The van der Waals surface area contributed by atoms with Crippen molar-refractivity contribution in [3.8, 4) is 11.4 Å². The maximum atomic E-state index is 12.8. The Kier molecular flexibility index (Phi) is 6.44. The van der Waals surface area contributed by atoms with E-state index in [-0.39, 0.29) is 35.8 Å². The molecular formula is C20H20F3N5O3. The van der Waals surface area contributed by atoms with E-state index < -0.39 is 17.6 Å². The van der Waals surface area contributed by atoms with Gasteiger partial charge in [-0.15, -0.1) is 0 Å². The molecule has 0 bridgehead atoms. The van der Waals surface area contributed by atoms with Crippen LogP contribution < -0.4 is 16.2 Å². The number of benzene rings is 1. The number of carbonyl (C=O) groups excluding carboxylic acids is 1. The second-order valence-electron chi connectivity index (χ2n) is 6.50. The largest absolute Gasteiger partial charge is 0.489 e. The van der Waals surface area contributed by atoms with Crippen molar-refractivity contribution >= 4 is 11.7 Å². The van der Waals surface area contributed by atoms with Gasteiger partial charge in [-0.2, -0.15) is 18.3 Å². The van der Waals surface area contributed by atoms with E-state index in [1.54, 1.807) is 31.4 Å². The zero-order valence-electron chi connectivity index (χ0n) is 16.5. The Hall–Kier alpha value is -3.60. The van der Waals surface area contributed by atoms with Gasteiger partial charge in [-0.3, -0.25) is 9.78 Å². The van der Waals surface area contributed by atoms with E-state index >= 15 is 0 Å². The average molecular weight is 435 g/mol. The van der Waals surface area contributed by atoms with Gasteiger partial charge in [-0.05, 0) is 24.3 Å². The number of halogens is 3. The van der Waals surface area contributed by atoms with E-state index in [4.69, 9.17) is 20.9 Å². The quantitative estimate of drug-likeness (QED) is 0.525. The van der Waals surface area contributed by atoms with Crippen molar-refractivity contribution in [1.29, 1.82) is 0 Å². The van der Waals surface area contributed by atoms with E-state index in [1.807, 2.05) is 0 Å². The summed E-state index contributed by atoms with van der Waals surface area (Å²) in [5.74, 6) is -0.385. The van der Waals surface area contributed by atoms with Gasteiger partial charge in [0.2, 0.25) is 0 Å². The third kappa shape index (κ3) is 4.94. The van der Waals surface area contributed by atoms with Crippen LogP contribution in [0.25, 0.3) is 5.69 Å². The topological polar surface area (TPSA) is 118 Å². The van der Waals surface area contributed by atoms with Crippen LogP contribution in [0.3, 0.4) is 0 Å². The number of carbonyl (C=O) groups is 1. The summed E-state index contributed by atoms with van der Waals surface area (Å²) in [7, 11) is 1.54. The molecule has 1 aromatic carbocycles. The minimum Gasteiger partial charge on any atom is -0.489 e. The summed E-state index contributed by atoms with van der Waals surface area (Å²) in [6.45, 7) is 0.639. The number of ether oxygens (including phenoxy) is 2. The second kappa shape index (κ2) is 9.04. The number of aromatic nitrogens is 3. The predicted octanol–water partition coefficient (Wildman–Crippen LogP) is 2.58. The van der Waals surface area contributed by atoms with Gasteiger partial charge in [0, 0.05) is 25.4 Å². The van der Waals surface area contributed by atoms with Crippen molar-refractivity contribution in [3.05, 3.63) is 65.1 Å². The summed E-state index contributed by atoms with van der Waals surface area (Å²) in [4.78, 5) is 15.9. The first-order chi connectivity index (χ1) is 14.7. The normalized spacial score (nSPS) is 11.5. The van der Waals surface area contributed by atoms with E-state index in [0.29, 0.717) is 18.0 Å². The summed E-state index contributed by atoms with van der Waals surface area (Å²) in [6, 6.07) is 9.01. The molecule has 0 aliphatic carbocycles. The van der Waals surface area contributed by atoms with Crippen LogP contribution in [-0.2, 0) is 17.3 Å². The average Bonchev–Trinajstić information content (AvgIpc) is 3.04. The van der Waals surface area contributed by atoms with Crippen LogP contribution in [0.5, 0.6) is 5.75 Å². The minimum absolute atomic E-state index is 0.0165. The van der Waals surface area contributed by atoms with Gasteiger partial charge in [0.1, 0.15) is 29.4 Å². The summed E-state index contributed by atoms with van der Waals surface area (Å²) in [5, 5.41) is 4.37. The smallest absolute Gasteiger partial charge is 0.417 e. The van der Waals surface area contributed by atoms with E-state index in [1.165, 1.54) is 10.7 Å². The molecule has 0 aliphatic heterocycles. The lowest BCUT2D eigenvalue weighted by atomic mass is 10.1. The highest BCUT2D eigenvalue weighted by Crippen LogP contribution is 2.30. The minimum atomic E-state index is -4.50. The van der Waals surface area contributed by atoms with Crippen LogP contribution in [0.4, 0.5) is 19.0 Å². The Bertz CT molecular complexity index is 1060. The highest BCUT2D eigenvalue weighted by atomic mass is 19.4. The van der Waals surface area contributed by atoms with Crippen molar-refractivity contribution < 1.29 is 27.4 Å². The fourth-order valence-electron chi connectivity index (χ4n) is 2.91. The van der Waals surface area contributed by atoms with Gasteiger partial charge >= 0.3 is 6.18 Å². The summed E-state index contributed by atoms with van der Waals surface area (Å²) in [5.41, 5.74) is 11.6.